The van der Waals surface area contributed by atoms with Crippen LogP contribution in [-0.4, -0.2) is 24.0 Å². The van der Waals surface area contributed by atoms with Crippen molar-refractivity contribution in [3.05, 3.63) is 65.2 Å². The molecule has 2 aromatic carbocycles. The molecule has 0 N–H and O–H groups in total. The number of benzene rings is 2. The minimum Gasteiger partial charge on any atom is -0.481 e. The van der Waals surface area contributed by atoms with Crippen LogP contribution in [0.2, 0.25) is 0 Å². The Hall–Kier alpha value is -2.29. The van der Waals surface area contributed by atoms with Crippen molar-refractivity contribution in [1.29, 1.82) is 0 Å². The van der Waals surface area contributed by atoms with Crippen LogP contribution in [0, 0.1) is 6.92 Å². The molecule has 0 unspecified atom stereocenters. The SMILES string of the molecule is CCc1ccccc1O[C@@H](C)C(=O)N(C)Cc1ccc(C)cc1. The standard InChI is InChI=1S/C20H25NO2/c1-5-18-8-6-7-9-19(18)23-16(3)20(22)21(4)14-17-12-10-15(2)11-13-17/h6-13,16H,5,14H2,1-4H3/t16-/m0/s1. The number of amides is 1. The summed E-state index contributed by atoms with van der Waals surface area (Å²) in [7, 11) is 1.81. The zero-order valence-corrected chi connectivity index (χ0v) is 14.4. The number of carbonyl (C=O) groups excluding carboxylic acids is 1. The topological polar surface area (TPSA) is 29.5 Å². The fourth-order valence-electron chi connectivity index (χ4n) is 2.51. The van der Waals surface area contributed by atoms with Gasteiger partial charge in [0.2, 0.25) is 0 Å². The molecular formula is C20H25NO2. The Morgan fingerprint density at radius 2 is 1.78 bits per heavy atom. The first-order valence-electron chi connectivity index (χ1n) is 8.06. The molecule has 23 heavy (non-hydrogen) atoms. The van der Waals surface area contributed by atoms with Gasteiger partial charge in [0.1, 0.15) is 5.75 Å². The fourth-order valence-corrected chi connectivity index (χ4v) is 2.51. The smallest absolute Gasteiger partial charge is 0.263 e. The van der Waals surface area contributed by atoms with Crippen molar-refractivity contribution in [3.8, 4) is 5.75 Å². The van der Waals surface area contributed by atoms with E-state index < -0.39 is 6.10 Å². The molecule has 3 nitrogen and oxygen atoms in total. The summed E-state index contributed by atoms with van der Waals surface area (Å²) >= 11 is 0. The summed E-state index contributed by atoms with van der Waals surface area (Å²) in [5.74, 6) is 0.774. The third-order valence-electron chi connectivity index (χ3n) is 3.92. The van der Waals surface area contributed by atoms with Crippen LogP contribution in [-0.2, 0) is 17.8 Å². The normalized spacial score (nSPS) is 11.8. The quantitative estimate of drug-likeness (QED) is 0.807. The highest BCUT2D eigenvalue weighted by Gasteiger charge is 2.20. The van der Waals surface area contributed by atoms with Crippen molar-refractivity contribution in [2.45, 2.75) is 39.8 Å². The lowest BCUT2D eigenvalue weighted by Crippen LogP contribution is -2.37. The second-order valence-corrected chi connectivity index (χ2v) is 5.90. The van der Waals surface area contributed by atoms with Crippen molar-refractivity contribution in [1.82, 2.24) is 4.90 Å². The molecule has 0 aliphatic heterocycles. The average Bonchev–Trinajstić information content (AvgIpc) is 2.56. The number of hydrogen-bond acceptors (Lipinski definition) is 2. The van der Waals surface area contributed by atoms with Crippen LogP contribution < -0.4 is 4.74 Å². The molecule has 0 saturated heterocycles. The lowest BCUT2D eigenvalue weighted by molar-refractivity contribution is -0.137. The maximum Gasteiger partial charge on any atom is 0.263 e. The molecule has 0 bridgehead atoms. The third-order valence-corrected chi connectivity index (χ3v) is 3.92. The number of para-hydroxylation sites is 1. The number of nitrogens with zero attached hydrogens (tertiary/aromatic N) is 1. The van der Waals surface area contributed by atoms with E-state index in [0.29, 0.717) is 6.54 Å². The van der Waals surface area contributed by atoms with E-state index in [9.17, 15) is 4.79 Å². The van der Waals surface area contributed by atoms with Gasteiger partial charge in [-0.3, -0.25) is 4.79 Å². The minimum absolute atomic E-state index is 0.0171. The van der Waals surface area contributed by atoms with Gasteiger partial charge in [-0.1, -0.05) is 55.0 Å². The summed E-state index contributed by atoms with van der Waals surface area (Å²) in [5, 5.41) is 0. The molecule has 0 heterocycles. The van der Waals surface area contributed by atoms with Crippen LogP contribution >= 0.6 is 0 Å². The van der Waals surface area contributed by atoms with Crippen LogP contribution in [0.15, 0.2) is 48.5 Å². The highest BCUT2D eigenvalue weighted by molar-refractivity contribution is 5.80. The first-order valence-corrected chi connectivity index (χ1v) is 8.06. The van der Waals surface area contributed by atoms with E-state index >= 15 is 0 Å². The molecule has 1 amide bonds. The number of ether oxygens (including phenoxy) is 1. The number of carbonyl (C=O) groups is 1. The monoisotopic (exact) mass is 311 g/mol. The summed E-state index contributed by atoms with van der Waals surface area (Å²) in [6.07, 6.45) is 0.383. The number of rotatable bonds is 6. The number of hydrogen-bond donors (Lipinski definition) is 0. The first-order chi connectivity index (χ1) is 11.0. The van der Waals surface area contributed by atoms with Crippen LogP contribution in [0.3, 0.4) is 0 Å². The van der Waals surface area contributed by atoms with Gasteiger partial charge in [-0.15, -0.1) is 0 Å². The summed E-state index contributed by atoms with van der Waals surface area (Å²) in [4.78, 5) is 14.2. The van der Waals surface area contributed by atoms with Gasteiger partial charge in [0.05, 0.1) is 0 Å². The average molecular weight is 311 g/mol. The molecule has 0 saturated carbocycles. The summed E-state index contributed by atoms with van der Waals surface area (Å²) < 4.78 is 5.88. The molecule has 2 aromatic rings. The van der Waals surface area contributed by atoms with Crippen LogP contribution in [0.4, 0.5) is 0 Å². The lowest BCUT2D eigenvalue weighted by atomic mass is 10.1. The van der Waals surface area contributed by atoms with Crippen molar-refractivity contribution in [3.63, 3.8) is 0 Å². The summed E-state index contributed by atoms with van der Waals surface area (Å²) in [5.41, 5.74) is 3.46. The van der Waals surface area contributed by atoms with Crippen molar-refractivity contribution in [2.75, 3.05) is 7.05 Å². The van der Waals surface area contributed by atoms with Gasteiger partial charge < -0.3 is 9.64 Å². The van der Waals surface area contributed by atoms with E-state index in [0.717, 1.165) is 23.3 Å². The van der Waals surface area contributed by atoms with E-state index in [4.69, 9.17) is 4.74 Å². The molecule has 122 valence electrons. The van der Waals surface area contributed by atoms with Gasteiger partial charge in [0.15, 0.2) is 6.10 Å². The number of aryl methyl sites for hydroxylation is 2. The highest BCUT2D eigenvalue weighted by atomic mass is 16.5. The molecule has 1 atom stereocenters. The molecule has 3 heteroatoms. The Morgan fingerprint density at radius 1 is 1.13 bits per heavy atom. The van der Waals surface area contributed by atoms with E-state index in [1.807, 2.05) is 31.3 Å². The molecule has 2 rings (SSSR count). The van der Waals surface area contributed by atoms with E-state index in [2.05, 4.69) is 38.1 Å². The Morgan fingerprint density at radius 3 is 2.43 bits per heavy atom. The molecule has 0 spiro atoms. The first kappa shape index (κ1) is 17.1. The molecule has 0 fully saturated rings. The summed E-state index contributed by atoms with van der Waals surface area (Å²) in [6.45, 7) is 6.53. The lowest BCUT2D eigenvalue weighted by Gasteiger charge is -2.23. The number of likely N-dealkylation sites (N-methyl/N-ethyl adjacent to an activating group) is 1. The summed E-state index contributed by atoms with van der Waals surface area (Å²) in [6, 6.07) is 16.1. The predicted molar refractivity (Wildman–Crippen MR) is 93.6 cm³/mol. The largest absolute Gasteiger partial charge is 0.481 e. The third kappa shape index (κ3) is 4.59. The zero-order valence-electron chi connectivity index (χ0n) is 14.4. The van der Waals surface area contributed by atoms with E-state index in [-0.39, 0.29) is 5.91 Å². The van der Waals surface area contributed by atoms with Gasteiger partial charge in [0.25, 0.3) is 5.91 Å². The Labute approximate surface area is 138 Å². The molecule has 0 radical (unpaired) electrons. The fraction of sp³-hybridized carbons (Fsp3) is 0.350. The predicted octanol–water partition coefficient (Wildman–Crippen LogP) is 3.98. The van der Waals surface area contributed by atoms with Gasteiger partial charge in [-0.25, -0.2) is 0 Å². The Bertz CT molecular complexity index is 649. The zero-order chi connectivity index (χ0) is 16.8. The van der Waals surface area contributed by atoms with Crippen molar-refractivity contribution < 1.29 is 9.53 Å². The van der Waals surface area contributed by atoms with Crippen molar-refractivity contribution in [2.24, 2.45) is 0 Å². The Balaban J connectivity index is 1.99. The highest BCUT2D eigenvalue weighted by Crippen LogP contribution is 2.20. The van der Waals surface area contributed by atoms with E-state index in [1.54, 1.807) is 11.8 Å². The van der Waals surface area contributed by atoms with Gasteiger partial charge >= 0.3 is 0 Å². The minimum atomic E-state index is -0.502. The van der Waals surface area contributed by atoms with Crippen LogP contribution in [0.5, 0.6) is 5.75 Å². The molecule has 0 aliphatic rings. The van der Waals surface area contributed by atoms with Gasteiger partial charge in [0, 0.05) is 13.6 Å². The molecule has 0 aliphatic carbocycles. The van der Waals surface area contributed by atoms with Gasteiger partial charge in [-0.05, 0) is 37.5 Å². The maximum absolute atomic E-state index is 12.5. The molecular weight excluding hydrogens is 286 g/mol. The molecule has 0 aromatic heterocycles. The second kappa shape index (κ2) is 7.82. The maximum atomic E-state index is 12.5. The second-order valence-electron chi connectivity index (χ2n) is 5.90. The van der Waals surface area contributed by atoms with E-state index in [1.165, 1.54) is 5.56 Å². The van der Waals surface area contributed by atoms with Crippen molar-refractivity contribution >= 4 is 5.91 Å². The Kier molecular flexibility index (Phi) is 5.80. The van der Waals surface area contributed by atoms with Crippen LogP contribution in [0.25, 0.3) is 0 Å². The van der Waals surface area contributed by atoms with Crippen LogP contribution in [0.1, 0.15) is 30.5 Å². The van der Waals surface area contributed by atoms with Gasteiger partial charge in [-0.2, -0.15) is 0 Å².